The van der Waals surface area contributed by atoms with Crippen LogP contribution in [0.15, 0.2) is 29.4 Å². The Kier molecular flexibility index (Phi) is 5.22. The molecule has 0 radical (unpaired) electrons. The van der Waals surface area contributed by atoms with Gasteiger partial charge in [-0.1, -0.05) is 30.3 Å². The first-order chi connectivity index (χ1) is 10.1. The summed E-state index contributed by atoms with van der Waals surface area (Å²) in [5.41, 5.74) is 2.52. The fourth-order valence-corrected chi connectivity index (χ4v) is 4.01. The standard InChI is InChI=1S/C15H22N2O3S/c1-2-11-21(19,20)12-10-17-9-5-7-14(16-18)13-6-3-4-8-15(13)17/h3-4,6,8,18H,2,5,7,9-12H2,1H3/b16-14-. The molecule has 0 atom stereocenters. The molecule has 0 amide bonds. The van der Waals surface area contributed by atoms with Crippen molar-refractivity contribution in [3.05, 3.63) is 29.8 Å². The molecule has 0 fully saturated rings. The van der Waals surface area contributed by atoms with Gasteiger partial charge in [-0.2, -0.15) is 0 Å². The van der Waals surface area contributed by atoms with Crippen LogP contribution in [-0.2, 0) is 9.84 Å². The Hall–Kier alpha value is -1.56. The van der Waals surface area contributed by atoms with E-state index in [1.54, 1.807) is 0 Å². The van der Waals surface area contributed by atoms with Crippen LogP contribution >= 0.6 is 0 Å². The average Bonchev–Trinajstić information content (AvgIpc) is 2.64. The maximum atomic E-state index is 11.9. The van der Waals surface area contributed by atoms with E-state index in [1.165, 1.54) is 0 Å². The van der Waals surface area contributed by atoms with E-state index in [0.29, 0.717) is 25.1 Å². The first-order valence-corrected chi connectivity index (χ1v) is 9.15. The van der Waals surface area contributed by atoms with Crippen LogP contribution in [0, 0.1) is 0 Å². The van der Waals surface area contributed by atoms with E-state index in [9.17, 15) is 8.42 Å². The molecule has 0 spiro atoms. The zero-order valence-electron chi connectivity index (χ0n) is 12.3. The van der Waals surface area contributed by atoms with Crippen molar-refractivity contribution >= 4 is 21.2 Å². The van der Waals surface area contributed by atoms with Crippen molar-refractivity contribution in [1.29, 1.82) is 0 Å². The van der Waals surface area contributed by atoms with Gasteiger partial charge >= 0.3 is 0 Å². The predicted molar refractivity (Wildman–Crippen MR) is 85.2 cm³/mol. The Morgan fingerprint density at radius 1 is 1.29 bits per heavy atom. The monoisotopic (exact) mass is 310 g/mol. The van der Waals surface area contributed by atoms with Crippen molar-refractivity contribution in [1.82, 2.24) is 0 Å². The number of rotatable bonds is 5. The van der Waals surface area contributed by atoms with Crippen LogP contribution in [0.2, 0.25) is 0 Å². The molecule has 2 rings (SSSR count). The predicted octanol–water partition coefficient (Wildman–Crippen LogP) is 2.29. The van der Waals surface area contributed by atoms with Gasteiger partial charge in [0.2, 0.25) is 0 Å². The number of sulfone groups is 1. The van der Waals surface area contributed by atoms with Gasteiger partial charge < -0.3 is 10.1 Å². The molecule has 0 aliphatic carbocycles. The zero-order valence-corrected chi connectivity index (χ0v) is 13.1. The van der Waals surface area contributed by atoms with E-state index < -0.39 is 9.84 Å². The second-order valence-corrected chi connectivity index (χ2v) is 7.61. The number of benzene rings is 1. The van der Waals surface area contributed by atoms with Crippen molar-refractivity contribution < 1.29 is 13.6 Å². The molecule has 0 saturated heterocycles. The molecule has 0 aromatic heterocycles. The topological polar surface area (TPSA) is 70.0 Å². The van der Waals surface area contributed by atoms with Gasteiger partial charge in [0.1, 0.15) is 0 Å². The highest BCUT2D eigenvalue weighted by atomic mass is 32.2. The highest BCUT2D eigenvalue weighted by Crippen LogP contribution is 2.26. The molecule has 21 heavy (non-hydrogen) atoms. The maximum absolute atomic E-state index is 11.9. The molecule has 1 aromatic carbocycles. The fraction of sp³-hybridized carbons (Fsp3) is 0.533. The minimum atomic E-state index is -2.99. The molecule has 116 valence electrons. The van der Waals surface area contributed by atoms with E-state index in [1.807, 2.05) is 31.2 Å². The van der Waals surface area contributed by atoms with Crippen molar-refractivity contribution in [2.45, 2.75) is 26.2 Å². The zero-order chi connectivity index (χ0) is 15.3. The van der Waals surface area contributed by atoms with Gasteiger partial charge in [-0.05, 0) is 25.3 Å². The van der Waals surface area contributed by atoms with Crippen molar-refractivity contribution in [3.63, 3.8) is 0 Å². The number of hydrogen-bond donors (Lipinski definition) is 1. The molecule has 1 aromatic rings. The molecular weight excluding hydrogens is 288 g/mol. The number of nitrogens with zero attached hydrogens (tertiary/aromatic N) is 2. The normalized spacial score (nSPS) is 17.6. The van der Waals surface area contributed by atoms with E-state index in [-0.39, 0.29) is 11.5 Å². The van der Waals surface area contributed by atoms with E-state index >= 15 is 0 Å². The summed E-state index contributed by atoms with van der Waals surface area (Å²) in [7, 11) is -2.99. The highest BCUT2D eigenvalue weighted by molar-refractivity contribution is 7.91. The molecule has 0 saturated carbocycles. The van der Waals surface area contributed by atoms with Crippen LogP contribution < -0.4 is 4.90 Å². The number of anilines is 1. The summed E-state index contributed by atoms with van der Waals surface area (Å²) in [4.78, 5) is 2.08. The van der Waals surface area contributed by atoms with Crippen molar-refractivity contribution in [3.8, 4) is 0 Å². The number of oxime groups is 1. The molecule has 6 heteroatoms. The first-order valence-electron chi connectivity index (χ1n) is 7.33. The van der Waals surface area contributed by atoms with Gasteiger partial charge in [-0.15, -0.1) is 0 Å². The summed E-state index contributed by atoms with van der Waals surface area (Å²) < 4.78 is 23.8. The summed E-state index contributed by atoms with van der Waals surface area (Å²) in [6, 6.07) is 7.70. The van der Waals surface area contributed by atoms with E-state index in [2.05, 4.69) is 10.1 Å². The quantitative estimate of drug-likeness (QED) is 0.669. The Bertz CT molecular complexity index is 611. The lowest BCUT2D eigenvalue weighted by Crippen LogP contribution is -2.30. The van der Waals surface area contributed by atoms with Gasteiger partial charge in [0.15, 0.2) is 9.84 Å². The lowest BCUT2D eigenvalue weighted by atomic mass is 10.1. The number of fused-ring (bicyclic) bond motifs is 1. The summed E-state index contributed by atoms with van der Waals surface area (Å²) in [5.74, 6) is 0.409. The van der Waals surface area contributed by atoms with Crippen LogP contribution in [-0.4, -0.2) is 43.9 Å². The Morgan fingerprint density at radius 3 is 2.76 bits per heavy atom. The largest absolute Gasteiger partial charge is 0.411 e. The molecular formula is C15H22N2O3S. The third-order valence-corrected chi connectivity index (χ3v) is 5.54. The summed E-state index contributed by atoms with van der Waals surface area (Å²) in [6.45, 7) is 3.14. The first kappa shape index (κ1) is 15.8. The Labute approximate surface area is 126 Å². The fourth-order valence-electron chi connectivity index (χ4n) is 2.68. The highest BCUT2D eigenvalue weighted by Gasteiger charge is 2.21. The molecule has 0 bridgehead atoms. The third-order valence-electron chi connectivity index (χ3n) is 3.71. The van der Waals surface area contributed by atoms with Gasteiger partial charge in [0.25, 0.3) is 0 Å². The second kappa shape index (κ2) is 6.93. The molecule has 0 unspecified atom stereocenters. The Morgan fingerprint density at radius 2 is 2.05 bits per heavy atom. The van der Waals surface area contributed by atoms with Crippen LogP contribution in [0.25, 0.3) is 0 Å². The summed E-state index contributed by atoms with van der Waals surface area (Å²) in [5, 5.41) is 12.5. The van der Waals surface area contributed by atoms with E-state index in [4.69, 9.17) is 5.21 Å². The van der Waals surface area contributed by atoms with Gasteiger partial charge in [0, 0.05) is 30.1 Å². The van der Waals surface area contributed by atoms with Crippen LogP contribution in [0.3, 0.4) is 0 Å². The average molecular weight is 310 g/mol. The number of para-hydroxylation sites is 1. The van der Waals surface area contributed by atoms with Gasteiger partial charge in [-0.25, -0.2) is 8.42 Å². The summed E-state index contributed by atoms with van der Waals surface area (Å²) >= 11 is 0. The van der Waals surface area contributed by atoms with Crippen molar-refractivity contribution in [2.75, 3.05) is 29.5 Å². The maximum Gasteiger partial charge on any atom is 0.152 e. The smallest absolute Gasteiger partial charge is 0.152 e. The second-order valence-electron chi connectivity index (χ2n) is 5.31. The summed E-state index contributed by atoms with van der Waals surface area (Å²) in [6.07, 6.45) is 2.20. The molecule has 1 heterocycles. The minimum Gasteiger partial charge on any atom is -0.411 e. The molecule has 1 N–H and O–H groups in total. The molecule has 5 nitrogen and oxygen atoms in total. The lowest BCUT2D eigenvalue weighted by molar-refractivity contribution is 0.318. The number of hydrogen-bond acceptors (Lipinski definition) is 5. The Balaban J connectivity index is 2.21. The van der Waals surface area contributed by atoms with E-state index in [0.717, 1.165) is 24.2 Å². The van der Waals surface area contributed by atoms with Crippen LogP contribution in [0.1, 0.15) is 31.7 Å². The SMILES string of the molecule is CCCS(=O)(=O)CCN1CCC/C(=N/O)c2ccccc21. The van der Waals surface area contributed by atoms with Gasteiger partial charge in [0.05, 0.1) is 11.5 Å². The van der Waals surface area contributed by atoms with Gasteiger partial charge in [-0.3, -0.25) is 0 Å². The van der Waals surface area contributed by atoms with Crippen LogP contribution in [0.5, 0.6) is 0 Å². The lowest BCUT2D eigenvalue weighted by Gasteiger charge is -2.24. The van der Waals surface area contributed by atoms with Crippen molar-refractivity contribution in [2.24, 2.45) is 5.16 Å². The third kappa shape index (κ3) is 3.97. The molecule has 1 aliphatic heterocycles. The molecule has 1 aliphatic rings. The van der Waals surface area contributed by atoms with Crippen LogP contribution in [0.4, 0.5) is 5.69 Å². The minimum absolute atomic E-state index is 0.167.